The molecular weight excluding hydrogens is 219 g/mol. The van der Waals surface area contributed by atoms with Gasteiger partial charge in [-0.25, -0.2) is 0 Å². The van der Waals surface area contributed by atoms with Crippen LogP contribution in [0.15, 0.2) is 0 Å². The first kappa shape index (κ1) is 12.2. The summed E-state index contributed by atoms with van der Waals surface area (Å²) < 4.78 is 37.1. The number of aliphatic hydroxyl groups excluding tert-OH is 1. The van der Waals surface area contributed by atoms with E-state index in [1.807, 2.05) is 0 Å². The van der Waals surface area contributed by atoms with Gasteiger partial charge in [-0.2, -0.15) is 13.2 Å². The van der Waals surface area contributed by atoms with Gasteiger partial charge in [-0.05, 0) is 31.6 Å². The second-order valence-corrected chi connectivity index (χ2v) is 5.03. The first-order valence-electron chi connectivity index (χ1n) is 5.94. The van der Waals surface area contributed by atoms with E-state index in [2.05, 4.69) is 0 Å². The van der Waals surface area contributed by atoms with Gasteiger partial charge in [0, 0.05) is 12.6 Å². The lowest BCUT2D eigenvalue weighted by atomic mass is 10.1. The van der Waals surface area contributed by atoms with Gasteiger partial charge in [0.2, 0.25) is 0 Å². The predicted molar refractivity (Wildman–Crippen MR) is 54.0 cm³/mol. The van der Waals surface area contributed by atoms with Crippen molar-refractivity contribution in [3.8, 4) is 0 Å². The van der Waals surface area contributed by atoms with Crippen molar-refractivity contribution in [1.29, 1.82) is 0 Å². The molecule has 2 unspecified atom stereocenters. The third kappa shape index (κ3) is 3.35. The molecule has 2 atom stereocenters. The molecule has 2 rings (SSSR count). The van der Waals surface area contributed by atoms with Gasteiger partial charge in [0.05, 0.1) is 12.6 Å². The molecule has 1 N–H and O–H groups in total. The molecule has 0 bridgehead atoms. The van der Waals surface area contributed by atoms with Crippen molar-refractivity contribution < 1.29 is 18.3 Å². The highest BCUT2D eigenvalue weighted by molar-refractivity contribution is 4.89. The maximum absolute atomic E-state index is 12.4. The molecule has 94 valence electrons. The van der Waals surface area contributed by atoms with Crippen LogP contribution in [-0.2, 0) is 0 Å². The summed E-state index contributed by atoms with van der Waals surface area (Å²) in [6.45, 7) is -0.410. The van der Waals surface area contributed by atoms with E-state index in [1.165, 1.54) is 4.90 Å². The minimum Gasteiger partial charge on any atom is -0.393 e. The summed E-state index contributed by atoms with van der Waals surface area (Å²) in [7, 11) is 0. The second kappa shape index (κ2) is 4.53. The summed E-state index contributed by atoms with van der Waals surface area (Å²) >= 11 is 0. The Morgan fingerprint density at radius 1 is 1.12 bits per heavy atom. The highest BCUT2D eigenvalue weighted by Crippen LogP contribution is 2.34. The van der Waals surface area contributed by atoms with Crippen molar-refractivity contribution in [2.24, 2.45) is 5.92 Å². The van der Waals surface area contributed by atoms with E-state index in [1.54, 1.807) is 0 Å². The average molecular weight is 237 g/mol. The Morgan fingerprint density at radius 3 is 2.25 bits per heavy atom. The Kier molecular flexibility index (Phi) is 3.45. The van der Waals surface area contributed by atoms with Crippen LogP contribution in [0.4, 0.5) is 13.2 Å². The zero-order valence-electron chi connectivity index (χ0n) is 9.21. The number of alkyl halides is 3. The quantitative estimate of drug-likeness (QED) is 0.810. The Bertz CT molecular complexity index is 240. The number of halogens is 3. The molecule has 0 aromatic rings. The molecular formula is C11H18F3NO. The van der Waals surface area contributed by atoms with Crippen LogP contribution < -0.4 is 0 Å². The van der Waals surface area contributed by atoms with Crippen LogP contribution in [0.25, 0.3) is 0 Å². The standard InChI is InChI=1S/C11H18F3NO/c12-11(13,14)7-15(9-4-5-9)6-8-2-1-3-10(8)16/h8-10,16H,1-7H2. The van der Waals surface area contributed by atoms with E-state index in [9.17, 15) is 18.3 Å². The summed E-state index contributed by atoms with van der Waals surface area (Å²) in [6, 6.07) is 0.106. The number of aliphatic hydroxyl groups is 1. The largest absolute Gasteiger partial charge is 0.401 e. The molecule has 2 fully saturated rings. The predicted octanol–water partition coefficient (Wildman–Crippen LogP) is 2.17. The average Bonchev–Trinajstić information content (AvgIpc) is 2.90. The van der Waals surface area contributed by atoms with Crippen molar-refractivity contribution in [3.63, 3.8) is 0 Å². The van der Waals surface area contributed by atoms with Gasteiger partial charge < -0.3 is 5.11 Å². The summed E-state index contributed by atoms with van der Waals surface area (Å²) in [4.78, 5) is 1.51. The molecule has 0 amide bonds. The van der Waals surface area contributed by atoms with Crippen molar-refractivity contribution in [3.05, 3.63) is 0 Å². The molecule has 0 saturated heterocycles. The zero-order chi connectivity index (χ0) is 11.8. The Balaban J connectivity index is 1.87. The third-order valence-electron chi connectivity index (χ3n) is 3.53. The Hall–Kier alpha value is -0.290. The van der Waals surface area contributed by atoms with Gasteiger partial charge >= 0.3 is 6.18 Å². The van der Waals surface area contributed by atoms with E-state index in [0.717, 1.165) is 32.1 Å². The fourth-order valence-corrected chi connectivity index (χ4v) is 2.54. The van der Waals surface area contributed by atoms with Gasteiger partial charge in [0.1, 0.15) is 0 Å². The molecule has 5 heteroatoms. The van der Waals surface area contributed by atoms with Crippen LogP contribution in [0.5, 0.6) is 0 Å². The van der Waals surface area contributed by atoms with E-state index in [0.29, 0.717) is 6.54 Å². The monoisotopic (exact) mass is 237 g/mol. The minimum absolute atomic E-state index is 0.0444. The van der Waals surface area contributed by atoms with Gasteiger partial charge in [0.15, 0.2) is 0 Å². The summed E-state index contributed by atoms with van der Waals surface area (Å²) in [5.41, 5.74) is 0. The lowest BCUT2D eigenvalue weighted by molar-refractivity contribution is -0.149. The first-order chi connectivity index (χ1) is 7.46. The van der Waals surface area contributed by atoms with Crippen LogP contribution in [0.1, 0.15) is 32.1 Å². The second-order valence-electron chi connectivity index (χ2n) is 5.03. The number of rotatable bonds is 4. The van der Waals surface area contributed by atoms with E-state index in [4.69, 9.17) is 0 Å². The van der Waals surface area contributed by atoms with Gasteiger partial charge in [0.25, 0.3) is 0 Å². The smallest absolute Gasteiger partial charge is 0.393 e. The SMILES string of the molecule is OC1CCCC1CN(CC(F)(F)F)C1CC1. The van der Waals surface area contributed by atoms with Crippen molar-refractivity contribution in [1.82, 2.24) is 4.90 Å². The van der Waals surface area contributed by atoms with Crippen LogP contribution in [0, 0.1) is 5.92 Å². The van der Waals surface area contributed by atoms with Crippen LogP contribution in [0.2, 0.25) is 0 Å². The van der Waals surface area contributed by atoms with Gasteiger partial charge in [-0.1, -0.05) is 6.42 Å². The molecule has 0 heterocycles. The molecule has 0 aliphatic heterocycles. The molecule has 2 aliphatic carbocycles. The van der Waals surface area contributed by atoms with Crippen LogP contribution in [-0.4, -0.2) is 41.4 Å². The maximum atomic E-state index is 12.4. The summed E-state index contributed by atoms with van der Waals surface area (Å²) in [6.07, 6.45) is -0.216. The number of hydrogen-bond acceptors (Lipinski definition) is 2. The fraction of sp³-hybridized carbons (Fsp3) is 1.00. The number of nitrogens with zero attached hydrogens (tertiary/aromatic N) is 1. The summed E-state index contributed by atoms with van der Waals surface area (Å²) in [5, 5.41) is 9.63. The normalized spacial score (nSPS) is 31.3. The molecule has 0 radical (unpaired) electrons. The van der Waals surface area contributed by atoms with Crippen molar-refractivity contribution in [2.75, 3.05) is 13.1 Å². The topological polar surface area (TPSA) is 23.5 Å². The van der Waals surface area contributed by atoms with Crippen molar-refractivity contribution in [2.45, 2.75) is 50.4 Å². The lowest BCUT2D eigenvalue weighted by Gasteiger charge is -2.27. The molecule has 2 saturated carbocycles. The van der Waals surface area contributed by atoms with E-state index < -0.39 is 18.8 Å². The van der Waals surface area contributed by atoms with Crippen LogP contribution >= 0.6 is 0 Å². The minimum atomic E-state index is -4.12. The maximum Gasteiger partial charge on any atom is 0.401 e. The van der Waals surface area contributed by atoms with Crippen LogP contribution in [0.3, 0.4) is 0 Å². The fourth-order valence-electron chi connectivity index (χ4n) is 2.54. The molecule has 0 spiro atoms. The third-order valence-corrected chi connectivity index (χ3v) is 3.53. The van der Waals surface area contributed by atoms with Gasteiger partial charge in [-0.15, -0.1) is 0 Å². The number of hydrogen-bond donors (Lipinski definition) is 1. The molecule has 16 heavy (non-hydrogen) atoms. The Morgan fingerprint density at radius 2 is 1.81 bits per heavy atom. The zero-order valence-corrected chi connectivity index (χ0v) is 9.21. The van der Waals surface area contributed by atoms with Crippen molar-refractivity contribution >= 4 is 0 Å². The molecule has 0 aromatic carbocycles. The highest BCUT2D eigenvalue weighted by Gasteiger charge is 2.40. The molecule has 2 nitrogen and oxygen atoms in total. The first-order valence-corrected chi connectivity index (χ1v) is 5.94. The van der Waals surface area contributed by atoms with Gasteiger partial charge in [-0.3, -0.25) is 4.90 Å². The molecule has 0 aromatic heterocycles. The van der Waals surface area contributed by atoms with E-state index >= 15 is 0 Å². The summed E-state index contributed by atoms with van der Waals surface area (Å²) in [5.74, 6) is 0.0444. The highest BCUT2D eigenvalue weighted by atomic mass is 19.4. The lowest BCUT2D eigenvalue weighted by Crippen LogP contribution is -2.40. The Labute approximate surface area is 93.4 Å². The van der Waals surface area contributed by atoms with E-state index in [-0.39, 0.29) is 12.0 Å². The molecule has 2 aliphatic rings.